The summed E-state index contributed by atoms with van der Waals surface area (Å²) in [4.78, 5) is 10.9. The average Bonchev–Trinajstić information content (AvgIpc) is 2.94. The third kappa shape index (κ3) is 2.61. The molecule has 2 saturated heterocycles. The second kappa shape index (κ2) is 5.69. The lowest BCUT2D eigenvalue weighted by molar-refractivity contribution is 0.318. The molecule has 0 aromatic carbocycles. The lowest BCUT2D eigenvalue weighted by Gasteiger charge is -2.35. The Hall–Kier alpha value is -0.430. The highest BCUT2D eigenvalue weighted by Gasteiger charge is 2.29. The summed E-state index contributed by atoms with van der Waals surface area (Å²) in [6.45, 7) is 3.49. The first kappa shape index (κ1) is 12.6. The van der Waals surface area contributed by atoms with Crippen molar-refractivity contribution in [1.29, 1.82) is 0 Å². The van der Waals surface area contributed by atoms with Gasteiger partial charge in [0.05, 0.1) is 3.57 Å². The largest absolute Gasteiger partial charge is 0.356 e. The van der Waals surface area contributed by atoms with Crippen molar-refractivity contribution in [3.63, 3.8) is 0 Å². The van der Waals surface area contributed by atoms with Crippen molar-refractivity contribution in [1.82, 2.24) is 15.3 Å². The Balaban J connectivity index is 1.61. The van der Waals surface area contributed by atoms with Crippen molar-refractivity contribution in [2.75, 3.05) is 24.5 Å². The summed E-state index contributed by atoms with van der Waals surface area (Å²) in [6.07, 6.45) is 8.86. The van der Waals surface area contributed by atoms with Gasteiger partial charge in [0.2, 0.25) is 0 Å². The second-order valence-corrected chi connectivity index (χ2v) is 6.38. The van der Waals surface area contributed by atoms with Gasteiger partial charge in [0.25, 0.3) is 0 Å². The summed E-state index contributed by atoms with van der Waals surface area (Å²) in [5.41, 5.74) is 0. The predicted molar refractivity (Wildman–Crippen MR) is 80.7 cm³/mol. The van der Waals surface area contributed by atoms with E-state index in [0.717, 1.165) is 34.4 Å². The van der Waals surface area contributed by atoms with Gasteiger partial charge in [-0.1, -0.05) is 0 Å². The Labute approximate surface area is 122 Å². The van der Waals surface area contributed by atoms with Gasteiger partial charge in [-0.3, -0.25) is 0 Å². The van der Waals surface area contributed by atoms with E-state index in [1.807, 2.05) is 6.20 Å². The lowest BCUT2D eigenvalue weighted by atomic mass is 9.88. The molecule has 0 spiro atoms. The first-order chi connectivity index (χ1) is 8.84. The van der Waals surface area contributed by atoms with Gasteiger partial charge in [-0.05, 0) is 60.7 Å². The fourth-order valence-corrected chi connectivity index (χ4v) is 3.81. The van der Waals surface area contributed by atoms with Crippen LogP contribution in [0.4, 0.5) is 5.82 Å². The van der Waals surface area contributed by atoms with Crippen LogP contribution >= 0.6 is 22.6 Å². The third-order valence-electron chi connectivity index (χ3n) is 4.15. The highest BCUT2D eigenvalue weighted by Crippen LogP contribution is 2.29. The number of nitrogens with zero attached hydrogens (tertiary/aromatic N) is 3. The Morgan fingerprint density at radius 2 is 2.11 bits per heavy atom. The summed E-state index contributed by atoms with van der Waals surface area (Å²) >= 11 is 2.33. The third-order valence-corrected chi connectivity index (χ3v) is 4.92. The molecule has 0 aliphatic carbocycles. The standard InChI is InChI=1S/C13H19IN4/c14-11-8-15-9-17-13(11)18-6-3-10(4-7-18)12-2-1-5-16-12/h8-10,12,16H,1-7H2. The van der Waals surface area contributed by atoms with Crippen LogP contribution in [0.15, 0.2) is 12.5 Å². The number of hydrogen-bond acceptors (Lipinski definition) is 4. The Morgan fingerprint density at radius 3 is 2.78 bits per heavy atom. The summed E-state index contributed by atoms with van der Waals surface area (Å²) in [5.74, 6) is 1.98. The Morgan fingerprint density at radius 1 is 1.28 bits per heavy atom. The number of aromatic nitrogens is 2. The second-order valence-electron chi connectivity index (χ2n) is 5.22. The molecule has 1 N–H and O–H groups in total. The highest BCUT2D eigenvalue weighted by molar-refractivity contribution is 14.1. The van der Waals surface area contributed by atoms with E-state index in [9.17, 15) is 0 Å². The summed E-state index contributed by atoms with van der Waals surface area (Å²) in [7, 11) is 0. The van der Waals surface area contributed by atoms with Gasteiger partial charge in [-0.2, -0.15) is 0 Å². The van der Waals surface area contributed by atoms with E-state index in [1.54, 1.807) is 6.33 Å². The van der Waals surface area contributed by atoms with E-state index >= 15 is 0 Å². The molecule has 3 rings (SSSR count). The van der Waals surface area contributed by atoms with E-state index in [-0.39, 0.29) is 0 Å². The van der Waals surface area contributed by atoms with Gasteiger partial charge in [0.15, 0.2) is 0 Å². The molecule has 5 heteroatoms. The van der Waals surface area contributed by atoms with Gasteiger partial charge in [-0.25, -0.2) is 9.97 Å². The summed E-state index contributed by atoms with van der Waals surface area (Å²) < 4.78 is 1.16. The molecule has 1 aromatic heterocycles. The summed E-state index contributed by atoms with van der Waals surface area (Å²) in [6, 6.07) is 0.775. The Kier molecular flexibility index (Phi) is 3.98. The predicted octanol–water partition coefficient (Wildman–Crippen LogP) is 2.05. The molecule has 0 saturated carbocycles. The van der Waals surface area contributed by atoms with Crippen LogP contribution in [0.2, 0.25) is 0 Å². The van der Waals surface area contributed by atoms with Crippen LogP contribution in [0.3, 0.4) is 0 Å². The number of rotatable bonds is 2. The maximum Gasteiger partial charge on any atom is 0.145 e. The van der Waals surface area contributed by atoms with E-state index in [2.05, 4.69) is 42.8 Å². The smallest absolute Gasteiger partial charge is 0.145 e. The van der Waals surface area contributed by atoms with Crippen LogP contribution < -0.4 is 10.2 Å². The maximum atomic E-state index is 4.42. The zero-order valence-electron chi connectivity index (χ0n) is 10.5. The topological polar surface area (TPSA) is 41.1 Å². The zero-order valence-corrected chi connectivity index (χ0v) is 12.6. The molecule has 1 aromatic rings. The molecular formula is C13H19IN4. The average molecular weight is 358 g/mol. The van der Waals surface area contributed by atoms with Crippen LogP contribution in [-0.4, -0.2) is 35.6 Å². The van der Waals surface area contributed by atoms with Gasteiger partial charge >= 0.3 is 0 Å². The first-order valence-corrected chi connectivity index (χ1v) is 7.86. The molecule has 98 valence electrons. The van der Waals surface area contributed by atoms with Crippen LogP contribution in [0.1, 0.15) is 25.7 Å². The van der Waals surface area contributed by atoms with E-state index < -0.39 is 0 Å². The van der Waals surface area contributed by atoms with Crippen LogP contribution in [0, 0.1) is 9.49 Å². The van der Waals surface area contributed by atoms with E-state index in [1.165, 1.54) is 32.2 Å². The van der Waals surface area contributed by atoms with Crippen LogP contribution in [0.25, 0.3) is 0 Å². The molecule has 1 unspecified atom stereocenters. The fourth-order valence-electron chi connectivity index (χ4n) is 3.17. The van der Waals surface area contributed by atoms with Crippen molar-refractivity contribution < 1.29 is 0 Å². The molecule has 2 fully saturated rings. The molecule has 1 atom stereocenters. The minimum absolute atomic E-state index is 0.775. The van der Waals surface area contributed by atoms with Gasteiger partial charge < -0.3 is 10.2 Å². The fraction of sp³-hybridized carbons (Fsp3) is 0.692. The number of hydrogen-bond donors (Lipinski definition) is 1. The van der Waals surface area contributed by atoms with Crippen molar-refractivity contribution in [2.24, 2.45) is 5.92 Å². The number of anilines is 1. The normalized spacial score (nSPS) is 25.6. The number of halogens is 1. The van der Waals surface area contributed by atoms with E-state index in [4.69, 9.17) is 0 Å². The SMILES string of the molecule is Ic1cncnc1N1CCC(C2CCCN2)CC1. The monoisotopic (exact) mass is 358 g/mol. The van der Waals surface area contributed by atoms with Crippen molar-refractivity contribution in [2.45, 2.75) is 31.7 Å². The Bertz CT molecular complexity index is 398. The van der Waals surface area contributed by atoms with Crippen molar-refractivity contribution in [3.8, 4) is 0 Å². The molecule has 4 nitrogen and oxygen atoms in total. The van der Waals surface area contributed by atoms with E-state index in [0.29, 0.717) is 0 Å². The molecule has 0 amide bonds. The van der Waals surface area contributed by atoms with Crippen LogP contribution in [0.5, 0.6) is 0 Å². The molecule has 2 aliphatic rings. The zero-order chi connectivity index (χ0) is 12.4. The van der Waals surface area contributed by atoms with Gasteiger partial charge in [-0.15, -0.1) is 0 Å². The first-order valence-electron chi connectivity index (χ1n) is 6.78. The summed E-state index contributed by atoms with van der Waals surface area (Å²) in [5, 5.41) is 3.65. The molecule has 18 heavy (non-hydrogen) atoms. The maximum absolute atomic E-state index is 4.42. The molecular weight excluding hydrogens is 339 g/mol. The molecule has 3 heterocycles. The molecule has 0 radical (unpaired) electrons. The van der Waals surface area contributed by atoms with Gasteiger partial charge in [0, 0.05) is 25.3 Å². The van der Waals surface area contributed by atoms with Crippen molar-refractivity contribution >= 4 is 28.4 Å². The quantitative estimate of drug-likeness (QED) is 0.822. The minimum Gasteiger partial charge on any atom is -0.356 e. The molecule has 2 aliphatic heterocycles. The molecule has 0 bridgehead atoms. The minimum atomic E-state index is 0.775. The van der Waals surface area contributed by atoms with Crippen molar-refractivity contribution in [3.05, 3.63) is 16.1 Å². The van der Waals surface area contributed by atoms with Gasteiger partial charge in [0.1, 0.15) is 12.1 Å². The van der Waals surface area contributed by atoms with Crippen LogP contribution in [-0.2, 0) is 0 Å². The highest BCUT2D eigenvalue weighted by atomic mass is 127. The number of nitrogens with one attached hydrogen (secondary N) is 1. The lowest BCUT2D eigenvalue weighted by Crippen LogP contribution is -2.41. The number of piperidine rings is 1.